The number of amides is 1. The number of carbonyl (C=O) groups is 2. The Morgan fingerprint density at radius 3 is 2.12 bits per heavy atom. The van der Waals surface area contributed by atoms with E-state index in [9.17, 15) is 19.8 Å². The SMILES string of the molecule is COc1cc(C[C@H]2C[C@@](Cc3ccccc3)(C(=O)O)N(C(=O)OC(C)(C)C)C2O)cc(OC)c1. The molecule has 1 saturated heterocycles. The maximum Gasteiger partial charge on any atom is 0.413 e. The van der Waals surface area contributed by atoms with E-state index in [2.05, 4.69) is 0 Å². The van der Waals surface area contributed by atoms with Crippen molar-refractivity contribution in [1.29, 1.82) is 0 Å². The fraction of sp³-hybridized carbons (Fsp3) is 0.462. The molecule has 1 amide bonds. The van der Waals surface area contributed by atoms with Gasteiger partial charge in [0.2, 0.25) is 0 Å². The van der Waals surface area contributed by atoms with Crippen LogP contribution in [0.2, 0.25) is 0 Å². The second-order valence-corrected chi connectivity index (χ2v) is 9.65. The lowest BCUT2D eigenvalue weighted by atomic mass is 9.84. The summed E-state index contributed by atoms with van der Waals surface area (Å²) in [4.78, 5) is 27.0. The summed E-state index contributed by atoms with van der Waals surface area (Å²) in [6.07, 6.45) is -1.80. The van der Waals surface area contributed by atoms with Gasteiger partial charge in [-0.2, -0.15) is 0 Å². The van der Waals surface area contributed by atoms with E-state index < -0.39 is 35.3 Å². The van der Waals surface area contributed by atoms with Gasteiger partial charge in [-0.15, -0.1) is 0 Å². The lowest BCUT2D eigenvalue weighted by Crippen LogP contribution is -2.58. The molecule has 8 heteroatoms. The summed E-state index contributed by atoms with van der Waals surface area (Å²) >= 11 is 0. The molecule has 3 rings (SSSR count). The highest BCUT2D eigenvalue weighted by atomic mass is 16.6. The molecule has 1 unspecified atom stereocenters. The molecule has 0 aromatic heterocycles. The molecular weight excluding hydrogens is 438 g/mol. The number of likely N-dealkylation sites (tertiary alicyclic amines) is 1. The molecule has 0 spiro atoms. The van der Waals surface area contributed by atoms with Crippen molar-refractivity contribution >= 4 is 12.1 Å². The van der Waals surface area contributed by atoms with Crippen molar-refractivity contribution < 1.29 is 34.0 Å². The van der Waals surface area contributed by atoms with E-state index in [1.165, 1.54) is 0 Å². The van der Waals surface area contributed by atoms with Gasteiger partial charge in [-0.25, -0.2) is 9.59 Å². The molecule has 0 radical (unpaired) electrons. The minimum Gasteiger partial charge on any atom is -0.497 e. The molecule has 0 saturated carbocycles. The lowest BCUT2D eigenvalue weighted by molar-refractivity contribution is -0.153. The quantitative estimate of drug-likeness (QED) is 0.631. The van der Waals surface area contributed by atoms with Gasteiger partial charge in [-0.3, -0.25) is 4.90 Å². The Bertz CT molecular complexity index is 995. The number of aliphatic hydroxyl groups excluding tert-OH is 1. The van der Waals surface area contributed by atoms with E-state index in [-0.39, 0.29) is 12.8 Å². The van der Waals surface area contributed by atoms with E-state index in [4.69, 9.17) is 14.2 Å². The fourth-order valence-electron chi connectivity index (χ4n) is 4.52. The van der Waals surface area contributed by atoms with Crippen molar-refractivity contribution in [3.8, 4) is 11.5 Å². The van der Waals surface area contributed by atoms with Crippen LogP contribution in [0.1, 0.15) is 38.3 Å². The molecule has 0 aliphatic carbocycles. The van der Waals surface area contributed by atoms with Gasteiger partial charge in [0.15, 0.2) is 5.54 Å². The summed E-state index contributed by atoms with van der Waals surface area (Å²) in [6, 6.07) is 14.4. The Hall–Kier alpha value is -3.26. The van der Waals surface area contributed by atoms with Crippen molar-refractivity contribution in [2.75, 3.05) is 14.2 Å². The molecule has 2 N–H and O–H groups in total. The van der Waals surface area contributed by atoms with Gasteiger partial charge >= 0.3 is 12.1 Å². The third-order valence-electron chi connectivity index (χ3n) is 5.98. The summed E-state index contributed by atoms with van der Waals surface area (Å²) in [7, 11) is 3.09. The first-order chi connectivity index (χ1) is 16.0. The normalized spacial score (nSPS) is 22.4. The number of aliphatic carboxylic acids is 1. The fourth-order valence-corrected chi connectivity index (χ4v) is 4.52. The molecule has 1 aliphatic rings. The molecule has 1 aliphatic heterocycles. The first-order valence-electron chi connectivity index (χ1n) is 11.2. The number of carboxylic acids is 1. The third kappa shape index (κ3) is 5.44. The first kappa shape index (κ1) is 25.4. The van der Waals surface area contributed by atoms with E-state index in [1.54, 1.807) is 41.1 Å². The summed E-state index contributed by atoms with van der Waals surface area (Å²) in [6.45, 7) is 5.10. The van der Waals surface area contributed by atoms with Crippen LogP contribution < -0.4 is 9.47 Å². The van der Waals surface area contributed by atoms with Gasteiger partial charge < -0.3 is 24.4 Å². The summed E-state index contributed by atoms with van der Waals surface area (Å²) in [5, 5.41) is 21.7. The number of rotatable bonds is 7. The zero-order chi connectivity index (χ0) is 25.1. The Labute approximate surface area is 200 Å². The highest BCUT2D eigenvalue weighted by molar-refractivity contribution is 5.86. The summed E-state index contributed by atoms with van der Waals surface area (Å²) in [5.41, 5.74) is -0.984. The number of methoxy groups -OCH3 is 2. The smallest absolute Gasteiger partial charge is 0.413 e. The Balaban J connectivity index is 2.02. The highest BCUT2D eigenvalue weighted by Crippen LogP contribution is 2.43. The number of carboxylic acid groups (broad SMARTS) is 1. The first-order valence-corrected chi connectivity index (χ1v) is 11.2. The summed E-state index contributed by atoms with van der Waals surface area (Å²) < 4.78 is 16.2. The number of carbonyl (C=O) groups excluding carboxylic acids is 1. The average Bonchev–Trinajstić information content (AvgIpc) is 3.05. The highest BCUT2D eigenvalue weighted by Gasteiger charge is 2.59. The number of benzene rings is 2. The number of aliphatic hydroxyl groups is 1. The van der Waals surface area contributed by atoms with Crippen LogP contribution in [0.25, 0.3) is 0 Å². The number of nitrogens with zero attached hydrogens (tertiary/aromatic N) is 1. The number of ether oxygens (including phenoxy) is 3. The predicted molar refractivity (Wildman–Crippen MR) is 126 cm³/mol. The largest absolute Gasteiger partial charge is 0.497 e. The van der Waals surface area contributed by atoms with Crippen molar-refractivity contribution in [3.63, 3.8) is 0 Å². The van der Waals surface area contributed by atoms with Gasteiger partial charge in [0, 0.05) is 18.4 Å². The molecule has 1 fully saturated rings. The zero-order valence-corrected chi connectivity index (χ0v) is 20.3. The van der Waals surface area contributed by atoms with Crippen LogP contribution in [0, 0.1) is 5.92 Å². The molecule has 8 nitrogen and oxygen atoms in total. The standard InChI is InChI=1S/C26H33NO7/c1-25(2,3)34-24(31)27-22(28)19(11-18-12-20(32-4)14-21(13-18)33-5)16-26(27,23(29)30)15-17-9-7-6-8-10-17/h6-10,12-14,19,22,28H,11,15-16H2,1-5H3,(H,29,30)/t19-,22?,26-/m0/s1. The summed E-state index contributed by atoms with van der Waals surface area (Å²) in [5.74, 6) is -0.574. The lowest BCUT2D eigenvalue weighted by Gasteiger charge is -2.37. The second kappa shape index (κ2) is 9.93. The van der Waals surface area contributed by atoms with E-state index in [0.29, 0.717) is 17.9 Å². The van der Waals surface area contributed by atoms with Crippen LogP contribution in [0.3, 0.4) is 0 Å². The van der Waals surface area contributed by atoms with Crippen molar-refractivity contribution in [2.45, 2.75) is 57.4 Å². The van der Waals surface area contributed by atoms with Crippen LogP contribution in [0.5, 0.6) is 11.5 Å². The van der Waals surface area contributed by atoms with E-state index in [0.717, 1.165) is 16.0 Å². The molecular formula is C26H33NO7. The van der Waals surface area contributed by atoms with Crippen LogP contribution in [0.4, 0.5) is 4.79 Å². The van der Waals surface area contributed by atoms with Gasteiger partial charge in [-0.1, -0.05) is 30.3 Å². The van der Waals surface area contributed by atoms with Gasteiger partial charge in [0.25, 0.3) is 0 Å². The van der Waals surface area contributed by atoms with Crippen molar-refractivity contribution in [3.05, 3.63) is 59.7 Å². The molecule has 2 aromatic rings. The third-order valence-corrected chi connectivity index (χ3v) is 5.98. The molecule has 2 aromatic carbocycles. The number of hydrogen-bond acceptors (Lipinski definition) is 6. The van der Waals surface area contributed by atoms with Crippen LogP contribution in [0.15, 0.2) is 48.5 Å². The minimum atomic E-state index is -1.67. The average molecular weight is 472 g/mol. The Morgan fingerprint density at radius 2 is 1.62 bits per heavy atom. The molecule has 3 atom stereocenters. The van der Waals surface area contributed by atoms with Crippen molar-refractivity contribution in [1.82, 2.24) is 4.90 Å². The maximum absolute atomic E-state index is 13.2. The van der Waals surface area contributed by atoms with Gasteiger partial charge in [-0.05, 0) is 56.9 Å². The van der Waals surface area contributed by atoms with Crippen LogP contribution in [-0.2, 0) is 22.4 Å². The Morgan fingerprint density at radius 1 is 1.03 bits per heavy atom. The van der Waals surface area contributed by atoms with Gasteiger partial charge in [0.1, 0.15) is 23.3 Å². The number of hydrogen-bond donors (Lipinski definition) is 2. The topological polar surface area (TPSA) is 106 Å². The van der Waals surface area contributed by atoms with E-state index >= 15 is 0 Å². The monoisotopic (exact) mass is 471 g/mol. The Kier molecular flexibility index (Phi) is 7.41. The molecule has 1 heterocycles. The second-order valence-electron chi connectivity index (χ2n) is 9.65. The predicted octanol–water partition coefficient (Wildman–Crippen LogP) is 3.89. The molecule has 0 bridgehead atoms. The maximum atomic E-state index is 13.2. The molecule has 184 valence electrons. The minimum absolute atomic E-state index is 0.0391. The van der Waals surface area contributed by atoms with E-state index in [1.807, 2.05) is 42.5 Å². The van der Waals surface area contributed by atoms with Crippen LogP contribution >= 0.6 is 0 Å². The van der Waals surface area contributed by atoms with Gasteiger partial charge in [0.05, 0.1) is 14.2 Å². The van der Waals surface area contributed by atoms with Crippen molar-refractivity contribution in [2.24, 2.45) is 5.92 Å². The zero-order valence-electron chi connectivity index (χ0n) is 20.3. The van der Waals surface area contributed by atoms with Crippen LogP contribution in [-0.4, -0.2) is 58.8 Å². The molecule has 34 heavy (non-hydrogen) atoms.